The number of carbonyl (C=O) groups is 1. The van der Waals surface area contributed by atoms with Gasteiger partial charge >= 0.3 is 12.3 Å². The number of nitrogens with one attached hydrogen (secondary N) is 1. The molecule has 0 atom stereocenters. The molecule has 0 aliphatic rings. The zero-order chi connectivity index (χ0) is 18.8. The molecule has 2 aromatic rings. The molecule has 0 aromatic heterocycles. The number of halogens is 3. The maximum Gasteiger partial charge on any atom is 0.416 e. The number of hydrogen-bond acceptors (Lipinski definition) is 3. The first-order valence-corrected chi connectivity index (χ1v) is 7.53. The highest BCUT2D eigenvalue weighted by Gasteiger charge is 2.30. The Morgan fingerprint density at radius 1 is 1.00 bits per heavy atom. The Balaban J connectivity index is 2.18. The second-order valence-electron chi connectivity index (χ2n) is 6.50. The number of hydrogen-bond donors (Lipinski definition) is 2. The van der Waals surface area contributed by atoms with E-state index >= 15 is 0 Å². The predicted molar refractivity (Wildman–Crippen MR) is 91.1 cm³/mol. The first-order chi connectivity index (χ1) is 11.5. The molecule has 3 N–H and O–H groups in total. The van der Waals surface area contributed by atoms with Crippen molar-refractivity contribution < 1.29 is 22.7 Å². The summed E-state index contributed by atoms with van der Waals surface area (Å²) in [5, 5.41) is 2.54. The van der Waals surface area contributed by atoms with E-state index in [2.05, 4.69) is 5.32 Å². The Morgan fingerprint density at radius 2 is 1.56 bits per heavy atom. The molecular formula is C18H19F3N2O2. The summed E-state index contributed by atoms with van der Waals surface area (Å²) in [6.45, 7) is 5.22. The van der Waals surface area contributed by atoms with Crippen LogP contribution in [0.25, 0.3) is 11.1 Å². The van der Waals surface area contributed by atoms with E-state index in [9.17, 15) is 18.0 Å². The summed E-state index contributed by atoms with van der Waals surface area (Å²) in [6.07, 6.45) is -5.01. The lowest BCUT2D eigenvalue weighted by atomic mass is 10.0. The summed E-state index contributed by atoms with van der Waals surface area (Å²) in [5.74, 6) is 0. The molecule has 7 heteroatoms. The van der Waals surface area contributed by atoms with Crippen LogP contribution in [0.3, 0.4) is 0 Å². The van der Waals surface area contributed by atoms with E-state index < -0.39 is 23.4 Å². The number of amides is 1. The number of benzene rings is 2. The van der Waals surface area contributed by atoms with Crippen LogP contribution in [0.4, 0.5) is 29.3 Å². The highest BCUT2D eigenvalue weighted by Crippen LogP contribution is 2.32. The van der Waals surface area contributed by atoms with Crippen molar-refractivity contribution in [1.29, 1.82) is 0 Å². The van der Waals surface area contributed by atoms with Crippen LogP contribution in [0.2, 0.25) is 0 Å². The largest absolute Gasteiger partial charge is 0.444 e. The maximum atomic E-state index is 12.6. The van der Waals surface area contributed by atoms with Crippen molar-refractivity contribution in [3.63, 3.8) is 0 Å². The third-order valence-electron chi connectivity index (χ3n) is 3.23. The molecule has 2 aromatic carbocycles. The maximum absolute atomic E-state index is 12.6. The molecule has 0 fully saturated rings. The van der Waals surface area contributed by atoms with E-state index in [-0.39, 0.29) is 5.69 Å². The van der Waals surface area contributed by atoms with Gasteiger partial charge in [-0.2, -0.15) is 13.2 Å². The van der Waals surface area contributed by atoms with Gasteiger partial charge in [-0.25, -0.2) is 4.79 Å². The van der Waals surface area contributed by atoms with Crippen molar-refractivity contribution >= 4 is 17.5 Å². The molecule has 0 saturated heterocycles. The van der Waals surface area contributed by atoms with Crippen LogP contribution in [0.1, 0.15) is 26.3 Å². The fourth-order valence-corrected chi connectivity index (χ4v) is 2.12. The smallest absolute Gasteiger partial charge is 0.416 e. The summed E-state index contributed by atoms with van der Waals surface area (Å²) >= 11 is 0. The van der Waals surface area contributed by atoms with Gasteiger partial charge in [0.1, 0.15) is 5.60 Å². The second-order valence-corrected chi connectivity index (χ2v) is 6.50. The third kappa shape index (κ3) is 5.14. The van der Waals surface area contributed by atoms with Gasteiger partial charge in [0.15, 0.2) is 0 Å². The average molecular weight is 352 g/mol. The van der Waals surface area contributed by atoms with E-state index in [4.69, 9.17) is 10.5 Å². The minimum atomic E-state index is -4.38. The van der Waals surface area contributed by atoms with Crippen molar-refractivity contribution in [1.82, 2.24) is 0 Å². The number of anilines is 2. The molecule has 0 unspecified atom stereocenters. The number of carbonyl (C=O) groups excluding carboxylic acids is 1. The summed E-state index contributed by atoms with van der Waals surface area (Å²) < 4.78 is 43.0. The molecule has 25 heavy (non-hydrogen) atoms. The summed E-state index contributed by atoms with van der Waals surface area (Å²) in [5.41, 5.74) is 6.44. The molecule has 134 valence electrons. The number of alkyl halides is 3. The number of nitrogen functional groups attached to an aromatic ring is 1. The van der Waals surface area contributed by atoms with Gasteiger partial charge in [0.2, 0.25) is 0 Å². The first kappa shape index (κ1) is 18.6. The van der Waals surface area contributed by atoms with Crippen molar-refractivity contribution in [2.45, 2.75) is 32.5 Å². The molecule has 0 saturated carbocycles. The highest BCUT2D eigenvalue weighted by molar-refractivity contribution is 5.90. The molecule has 0 aliphatic carbocycles. The lowest BCUT2D eigenvalue weighted by molar-refractivity contribution is -0.137. The molecule has 2 rings (SSSR count). The molecule has 0 aliphatic heterocycles. The van der Waals surface area contributed by atoms with Crippen LogP contribution in [-0.4, -0.2) is 11.7 Å². The number of nitrogens with two attached hydrogens (primary N) is 1. The van der Waals surface area contributed by atoms with Crippen LogP contribution in [0.15, 0.2) is 42.5 Å². The average Bonchev–Trinajstić information content (AvgIpc) is 2.46. The molecule has 4 nitrogen and oxygen atoms in total. The quantitative estimate of drug-likeness (QED) is 0.721. The van der Waals surface area contributed by atoms with Crippen molar-refractivity contribution in [2.24, 2.45) is 0 Å². The molecule has 0 bridgehead atoms. The van der Waals surface area contributed by atoms with Crippen LogP contribution in [-0.2, 0) is 10.9 Å². The summed E-state index contributed by atoms with van der Waals surface area (Å²) in [7, 11) is 0. The van der Waals surface area contributed by atoms with E-state index in [1.807, 2.05) is 0 Å². The third-order valence-corrected chi connectivity index (χ3v) is 3.23. The Labute approximate surface area is 143 Å². The van der Waals surface area contributed by atoms with Gasteiger partial charge in [-0.1, -0.05) is 18.2 Å². The van der Waals surface area contributed by atoms with E-state index in [0.717, 1.165) is 12.1 Å². The lowest BCUT2D eigenvalue weighted by Crippen LogP contribution is -2.27. The van der Waals surface area contributed by atoms with Gasteiger partial charge in [0, 0.05) is 0 Å². The summed E-state index contributed by atoms with van der Waals surface area (Å²) in [6, 6.07) is 9.58. The van der Waals surface area contributed by atoms with Gasteiger partial charge in [-0.3, -0.25) is 5.32 Å². The Bertz CT molecular complexity index is 763. The Hall–Kier alpha value is -2.70. The first-order valence-electron chi connectivity index (χ1n) is 7.53. The van der Waals surface area contributed by atoms with E-state index in [1.165, 1.54) is 12.1 Å². The van der Waals surface area contributed by atoms with Crippen LogP contribution >= 0.6 is 0 Å². The SMILES string of the molecule is CC(C)(C)OC(=O)Nc1ccc(-c2ccc(C(F)(F)F)cc2)cc1N. The number of rotatable bonds is 2. The normalized spacial score (nSPS) is 11.9. The van der Waals surface area contributed by atoms with Crippen LogP contribution in [0, 0.1) is 0 Å². The topological polar surface area (TPSA) is 64.3 Å². The standard InChI is InChI=1S/C18H19F3N2O2/c1-17(2,3)25-16(24)23-15-9-6-12(10-14(15)22)11-4-7-13(8-5-11)18(19,20)21/h4-10H,22H2,1-3H3,(H,23,24). The van der Waals surface area contributed by atoms with Gasteiger partial charge in [-0.05, 0) is 56.2 Å². The van der Waals surface area contributed by atoms with Crippen LogP contribution < -0.4 is 11.1 Å². The van der Waals surface area contributed by atoms with Crippen molar-refractivity contribution in [3.05, 3.63) is 48.0 Å². The number of ether oxygens (including phenoxy) is 1. The Morgan fingerprint density at radius 3 is 2.04 bits per heavy atom. The lowest BCUT2D eigenvalue weighted by Gasteiger charge is -2.20. The summed E-state index contributed by atoms with van der Waals surface area (Å²) in [4.78, 5) is 11.8. The molecule has 0 heterocycles. The van der Waals surface area contributed by atoms with Gasteiger partial charge in [0.05, 0.1) is 16.9 Å². The zero-order valence-corrected chi connectivity index (χ0v) is 14.1. The minimum Gasteiger partial charge on any atom is -0.444 e. The van der Waals surface area contributed by atoms with E-state index in [1.54, 1.807) is 39.0 Å². The molecule has 1 amide bonds. The minimum absolute atomic E-state index is 0.281. The highest BCUT2D eigenvalue weighted by atomic mass is 19.4. The Kier molecular flexibility index (Phi) is 4.97. The fraction of sp³-hybridized carbons (Fsp3) is 0.278. The predicted octanol–water partition coefficient (Wildman–Crippen LogP) is 5.30. The fourth-order valence-electron chi connectivity index (χ4n) is 2.12. The van der Waals surface area contributed by atoms with Crippen molar-refractivity contribution in [2.75, 3.05) is 11.1 Å². The van der Waals surface area contributed by atoms with E-state index in [0.29, 0.717) is 16.8 Å². The zero-order valence-electron chi connectivity index (χ0n) is 14.1. The second kappa shape index (κ2) is 6.66. The van der Waals surface area contributed by atoms with Crippen molar-refractivity contribution in [3.8, 4) is 11.1 Å². The van der Waals surface area contributed by atoms with Gasteiger partial charge < -0.3 is 10.5 Å². The molecule has 0 radical (unpaired) electrons. The molecule has 0 spiro atoms. The monoisotopic (exact) mass is 352 g/mol. The van der Waals surface area contributed by atoms with Gasteiger partial charge in [-0.15, -0.1) is 0 Å². The van der Waals surface area contributed by atoms with Crippen LogP contribution in [0.5, 0.6) is 0 Å². The molecular weight excluding hydrogens is 333 g/mol. The van der Waals surface area contributed by atoms with Gasteiger partial charge in [0.25, 0.3) is 0 Å².